The third kappa shape index (κ3) is 2.71. The maximum absolute atomic E-state index is 4.56. The molecule has 0 spiro atoms. The van der Waals surface area contributed by atoms with E-state index in [-0.39, 0.29) is 0 Å². The van der Waals surface area contributed by atoms with E-state index in [1.807, 2.05) is 19.4 Å². The van der Waals surface area contributed by atoms with E-state index < -0.39 is 0 Å². The van der Waals surface area contributed by atoms with E-state index in [0.29, 0.717) is 6.04 Å². The summed E-state index contributed by atoms with van der Waals surface area (Å²) in [6.45, 7) is 0. The molecule has 1 aromatic heterocycles. The molecule has 0 aromatic carbocycles. The minimum absolute atomic E-state index is 0.638. The molecule has 0 radical (unpaired) electrons. The second-order valence-electron chi connectivity index (χ2n) is 5.22. The first-order valence-corrected chi connectivity index (χ1v) is 7.90. The number of hydrogen-bond donors (Lipinski definition) is 2. The van der Waals surface area contributed by atoms with Gasteiger partial charge in [-0.05, 0) is 43.8 Å². The van der Waals surface area contributed by atoms with E-state index in [4.69, 9.17) is 0 Å². The number of nitrogens with one attached hydrogen (secondary N) is 2. The Bertz CT molecular complexity index is 395. The van der Waals surface area contributed by atoms with Crippen LogP contribution in [0.1, 0.15) is 25.7 Å². The van der Waals surface area contributed by atoms with E-state index >= 15 is 0 Å². The fourth-order valence-corrected chi connectivity index (χ4v) is 2.80. The van der Waals surface area contributed by atoms with E-state index in [0.717, 1.165) is 28.6 Å². The fourth-order valence-electron chi connectivity index (χ4n) is 2.42. The number of nitrogens with zero attached hydrogens (tertiary/aromatic N) is 2. The van der Waals surface area contributed by atoms with Gasteiger partial charge in [-0.3, -0.25) is 0 Å². The highest BCUT2D eigenvalue weighted by molar-refractivity contribution is 7.98. The normalized spacial score (nSPS) is 19.1. The average molecular weight is 264 g/mol. The Hall–Kier alpha value is -0.970. The van der Waals surface area contributed by atoms with Gasteiger partial charge in [-0.2, -0.15) is 0 Å². The molecule has 4 nitrogen and oxygen atoms in total. The monoisotopic (exact) mass is 264 g/mol. The molecule has 0 aliphatic heterocycles. The molecule has 2 N–H and O–H groups in total. The van der Waals surface area contributed by atoms with Crippen LogP contribution in [0.15, 0.2) is 11.2 Å². The Morgan fingerprint density at radius 3 is 2.28 bits per heavy atom. The van der Waals surface area contributed by atoms with Gasteiger partial charge in [0.05, 0.1) is 0 Å². The van der Waals surface area contributed by atoms with Crippen molar-refractivity contribution >= 4 is 23.4 Å². The lowest BCUT2D eigenvalue weighted by Gasteiger charge is -2.19. The summed E-state index contributed by atoms with van der Waals surface area (Å²) in [7, 11) is 1.90. The van der Waals surface area contributed by atoms with Crippen LogP contribution in [-0.2, 0) is 0 Å². The maximum atomic E-state index is 4.56. The highest BCUT2D eigenvalue weighted by Crippen LogP contribution is 2.45. The summed E-state index contributed by atoms with van der Waals surface area (Å²) in [6, 6.07) is 2.65. The van der Waals surface area contributed by atoms with E-state index in [9.17, 15) is 0 Å². The molecular formula is C13H20N4S. The van der Waals surface area contributed by atoms with Crippen molar-refractivity contribution in [3.63, 3.8) is 0 Å². The number of thioether (sulfide) groups is 1. The number of aromatic nitrogens is 2. The van der Waals surface area contributed by atoms with Gasteiger partial charge in [0, 0.05) is 19.2 Å². The molecule has 0 atom stereocenters. The Balaban J connectivity index is 1.77. The average Bonchev–Trinajstić information content (AvgIpc) is 3.28. The first-order valence-electron chi connectivity index (χ1n) is 6.67. The summed E-state index contributed by atoms with van der Waals surface area (Å²) in [5.41, 5.74) is 0. The molecule has 5 heteroatoms. The molecule has 0 unspecified atom stereocenters. The van der Waals surface area contributed by atoms with Crippen LogP contribution in [0.3, 0.4) is 0 Å². The Morgan fingerprint density at radius 2 is 1.78 bits per heavy atom. The largest absolute Gasteiger partial charge is 0.373 e. The quantitative estimate of drug-likeness (QED) is 0.611. The first kappa shape index (κ1) is 12.1. The lowest BCUT2D eigenvalue weighted by atomic mass is 10.1. The van der Waals surface area contributed by atoms with Gasteiger partial charge in [0.25, 0.3) is 0 Å². The van der Waals surface area contributed by atoms with E-state index in [1.165, 1.54) is 25.7 Å². The van der Waals surface area contributed by atoms with Gasteiger partial charge < -0.3 is 10.6 Å². The zero-order valence-corrected chi connectivity index (χ0v) is 11.8. The zero-order valence-electron chi connectivity index (χ0n) is 10.9. The van der Waals surface area contributed by atoms with E-state index in [1.54, 1.807) is 11.8 Å². The van der Waals surface area contributed by atoms with Crippen molar-refractivity contribution in [2.24, 2.45) is 11.8 Å². The second kappa shape index (κ2) is 4.96. The summed E-state index contributed by atoms with van der Waals surface area (Å²) in [6.07, 6.45) is 7.54. The molecule has 3 rings (SSSR count). The molecule has 2 aliphatic carbocycles. The van der Waals surface area contributed by atoms with Crippen LogP contribution in [0.4, 0.5) is 11.6 Å². The Kier molecular flexibility index (Phi) is 3.33. The van der Waals surface area contributed by atoms with Crippen LogP contribution in [-0.4, -0.2) is 29.3 Å². The molecule has 98 valence electrons. The third-order valence-electron chi connectivity index (χ3n) is 3.72. The number of rotatable bonds is 6. The van der Waals surface area contributed by atoms with Crippen molar-refractivity contribution in [1.82, 2.24) is 9.97 Å². The summed E-state index contributed by atoms with van der Waals surface area (Å²) in [5, 5.41) is 7.58. The molecule has 2 saturated carbocycles. The topological polar surface area (TPSA) is 49.8 Å². The Morgan fingerprint density at radius 1 is 1.17 bits per heavy atom. The van der Waals surface area contributed by atoms with Crippen molar-refractivity contribution in [3.05, 3.63) is 6.07 Å². The molecule has 2 aliphatic rings. The Labute approximate surface area is 112 Å². The molecule has 0 amide bonds. The van der Waals surface area contributed by atoms with E-state index in [2.05, 4.69) is 20.6 Å². The van der Waals surface area contributed by atoms with Crippen LogP contribution in [0.5, 0.6) is 0 Å². The SMILES string of the molecule is CNc1cc(NC(C2CC2)C2CC2)nc(SC)n1. The molecule has 18 heavy (non-hydrogen) atoms. The van der Waals surface area contributed by atoms with Crippen molar-refractivity contribution in [2.75, 3.05) is 23.9 Å². The van der Waals surface area contributed by atoms with Gasteiger partial charge in [0.1, 0.15) is 11.6 Å². The van der Waals surface area contributed by atoms with Crippen molar-refractivity contribution in [2.45, 2.75) is 36.9 Å². The van der Waals surface area contributed by atoms with Gasteiger partial charge >= 0.3 is 0 Å². The van der Waals surface area contributed by atoms with Crippen LogP contribution < -0.4 is 10.6 Å². The third-order valence-corrected chi connectivity index (χ3v) is 4.27. The summed E-state index contributed by atoms with van der Waals surface area (Å²) >= 11 is 1.59. The minimum atomic E-state index is 0.638. The molecule has 1 aromatic rings. The van der Waals surface area contributed by atoms with Crippen LogP contribution >= 0.6 is 11.8 Å². The first-order chi connectivity index (χ1) is 8.80. The standard InChI is InChI=1S/C13H20N4S/c1-14-10-7-11(17-13(16-10)18-2)15-12(8-3-4-8)9-5-6-9/h7-9,12H,3-6H2,1-2H3,(H2,14,15,16,17). The van der Waals surface area contributed by atoms with Crippen molar-refractivity contribution < 1.29 is 0 Å². The fraction of sp³-hybridized carbons (Fsp3) is 0.692. The smallest absolute Gasteiger partial charge is 0.191 e. The summed E-state index contributed by atoms with van der Waals surface area (Å²) < 4.78 is 0. The lowest BCUT2D eigenvalue weighted by molar-refractivity contribution is 0.564. The maximum Gasteiger partial charge on any atom is 0.191 e. The number of hydrogen-bond acceptors (Lipinski definition) is 5. The highest BCUT2D eigenvalue weighted by atomic mass is 32.2. The summed E-state index contributed by atoms with van der Waals surface area (Å²) in [5.74, 6) is 3.62. The van der Waals surface area contributed by atoms with Gasteiger partial charge in [0.15, 0.2) is 5.16 Å². The van der Waals surface area contributed by atoms with Gasteiger partial charge in [0.2, 0.25) is 0 Å². The van der Waals surface area contributed by atoms with Gasteiger partial charge in [-0.25, -0.2) is 9.97 Å². The predicted octanol–water partition coefficient (Wildman–Crippen LogP) is 2.84. The molecular weight excluding hydrogens is 244 g/mol. The second-order valence-corrected chi connectivity index (χ2v) is 5.99. The highest BCUT2D eigenvalue weighted by Gasteiger charge is 2.41. The minimum Gasteiger partial charge on any atom is -0.373 e. The number of anilines is 2. The van der Waals surface area contributed by atoms with Crippen molar-refractivity contribution in [1.29, 1.82) is 0 Å². The molecule has 0 saturated heterocycles. The zero-order chi connectivity index (χ0) is 12.5. The van der Waals surface area contributed by atoms with Gasteiger partial charge in [-0.15, -0.1) is 0 Å². The van der Waals surface area contributed by atoms with Crippen LogP contribution in [0.2, 0.25) is 0 Å². The summed E-state index contributed by atoms with van der Waals surface area (Å²) in [4.78, 5) is 8.96. The lowest BCUT2D eigenvalue weighted by Crippen LogP contribution is -2.25. The van der Waals surface area contributed by atoms with Crippen molar-refractivity contribution in [3.8, 4) is 0 Å². The molecule has 2 fully saturated rings. The molecule has 0 bridgehead atoms. The predicted molar refractivity (Wildman–Crippen MR) is 76.2 cm³/mol. The van der Waals surface area contributed by atoms with Crippen LogP contribution in [0, 0.1) is 11.8 Å². The van der Waals surface area contributed by atoms with Gasteiger partial charge in [-0.1, -0.05) is 11.8 Å². The van der Waals surface area contributed by atoms with Crippen LogP contribution in [0.25, 0.3) is 0 Å². The molecule has 1 heterocycles.